The van der Waals surface area contributed by atoms with Gasteiger partial charge in [-0.25, -0.2) is 9.37 Å². The lowest BCUT2D eigenvalue weighted by Gasteiger charge is -2.12. The molecule has 4 heteroatoms. The highest BCUT2D eigenvalue weighted by molar-refractivity contribution is 5.62. The van der Waals surface area contributed by atoms with Gasteiger partial charge in [0.2, 0.25) is 0 Å². The van der Waals surface area contributed by atoms with E-state index in [-0.39, 0.29) is 11.9 Å². The molecule has 0 saturated carbocycles. The molecule has 0 N–H and O–H groups in total. The molecule has 2 aromatic heterocycles. The normalized spacial score (nSPS) is 12.3. The molecule has 1 unspecified atom stereocenters. The molecule has 3 aromatic rings. The first-order chi connectivity index (χ1) is 9.74. The van der Waals surface area contributed by atoms with Crippen LogP contribution in [0.25, 0.3) is 11.1 Å². The Balaban J connectivity index is 1.88. The zero-order valence-electron chi connectivity index (χ0n) is 11.1. The van der Waals surface area contributed by atoms with Crippen molar-refractivity contribution in [3.63, 3.8) is 0 Å². The van der Waals surface area contributed by atoms with Crippen molar-refractivity contribution in [2.75, 3.05) is 0 Å². The quantitative estimate of drug-likeness (QED) is 0.724. The molecule has 20 heavy (non-hydrogen) atoms. The fourth-order valence-corrected chi connectivity index (χ4v) is 2.14. The molecule has 100 valence electrons. The van der Waals surface area contributed by atoms with E-state index < -0.39 is 0 Å². The Bertz CT molecular complexity index is 690. The second-order valence-corrected chi connectivity index (χ2v) is 4.67. The SMILES string of the molecule is CC(c1ccc(-c2cccc(F)c2)cn1)n1ccnc1. The monoisotopic (exact) mass is 267 g/mol. The molecule has 2 heterocycles. The Morgan fingerprint density at radius 1 is 1.15 bits per heavy atom. The Kier molecular flexibility index (Phi) is 3.29. The maximum absolute atomic E-state index is 13.2. The lowest BCUT2D eigenvalue weighted by atomic mass is 10.1. The zero-order chi connectivity index (χ0) is 13.9. The molecule has 0 saturated heterocycles. The second-order valence-electron chi connectivity index (χ2n) is 4.67. The summed E-state index contributed by atoms with van der Waals surface area (Å²) in [6.07, 6.45) is 7.20. The minimum absolute atomic E-state index is 0.124. The summed E-state index contributed by atoms with van der Waals surface area (Å²) in [5.74, 6) is -0.238. The highest BCUT2D eigenvalue weighted by Crippen LogP contribution is 2.22. The van der Waals surface area contributed by atoms with Crippen LogP contribution in [-0.4, -0.2) is 14.5 Å². The summed E-state index contributed by atoms with van der Waals surface area (Å²) in [7, 11) is 0. The van der Waals surface area contributed by atoms with Gasteiger partial charge < -0.3 is 4.57 Å². The van der Waals surface area contributed by atoms with E-state index in [1.807, 2.05) is 29.0 Å². The Labute approximate surface area is 116 Å². The van der Waals surface area contributed by atoms with Gasteiger partial charge in [-0.3, -0.25) is 4.98 Å². The number of pyridine rings is 1. The number of aromatic nitrogens is 3. The molecule has 0 bridgehead atoms. The van der Waals surface area contributed by atoms with Crippen LogP contribution in [0.5, 0.6) is 0 Å². The van der Waals surface area contributed by atoms with Crippen LogP contribution in [0.3, 0.4) is 0 Å². The molecule has 1 atom stereocenters. The number of benzene rings is 1. The Morgan fingerprint density at radius 3 is 2.70 bits per heavy atom. The number of rotatable bonds is 3. The molecule has 3 nitrogen and oxygen atoms in total. The molecule has 1 aromatic carbocycles. The minimum atomic E-state index is -0.238. The van der Waals surface area contributed by atoms with Gasteiger partial charge in [0.1, 0.15) is 5.82 Å². The first-order valence-electron chi connectivity index (χ1n) is 6.43. The van der Waals surface area contributed by atoms with Crippen LogP contribution in [-0.2, 0) is 0 Å². The van der Waals surface area contributed by atoms with Crippen molar-refractivity contribution in [1.29, 1.82) is 0 Å². The van der Waals surface area contributed by atoms with Crippen molar-refractivity contribution in [1.82, 2.24) is 14.5 Å². The molecule has 0 aliphatic heterocycles. The summed E-state index contributed by atoms with van der Waals surface area (Å²) in [5, 5.41) is 0. The average Bonchev–Trinajstić information content (AvgIpc) is 3.01. The average molecular weight is 267 g/mol. The van der Waals surface area contributed by atoms with Gasteiger partial charge in [0.25, 0.3) is 0 Å². The van der Waals surface area contributed by atoms with Gasteiger partial charge >= 0.3 is 0 Å². The topological polar surface area (TPSA) is 30.7 Å². The maximum atomic E-state index is 13.2. The van der Waals surface area contributed by atoms with Gasteiger partial charge in [0.15, 0.2) is 0 Å². The van der Waals surface area contributed by atoms with E-state index in [0.717, 1.165) is 16.8 Å². The van der Waals surface area contributed by atoms with Crippen LogP contribution in [0.15, 0.2) is 61.3 Å². The molecule has 0 aliphatic rings. The molecular formula is C16H14FN3. The first kappa shape index (κ1) is 12.5. The van der Waals surface area contributed by atoms with Crippen molar-refractivity contribution in [3.8, 4) is 11.1 Å². The van der Waals surface area contributed by atoms with Gasteiger partial charge in [0.05, 0.1) is 18.1 Å². The number of hydrogen-bond acceptors (Lipinski definition) is 2. The largest absolute Gasteiger partial charge is 0.329 e. The summed E-state index contributed by atoms with van der Waals surface area (Å²) in [4.78, 5) is 8.51. The maximum Gasteiger partial charge on any atom is 0.123 e. The third-order valence-corrected chi connectivity index (χ3v) is 3.34. The molecule has 0 radical (unpaired) electrons. The van der Waals surface area contributed by atoms with Crippen molar-refractivity contribution in [2.45, 2.75) is 13.0 Å². The van der Waals surface area contributed by atoms with Crippen LogP contribution in [0.1, 0.15) is 18.7 Å². The van der Waals surface area contributed by atoms with Crippen LogP contribution < -0.4 is 0 Å². The highest BCUT2D eigenvalue weighted by Gasteiger charge is 2.08. The molecule has 0 fully saturated rings. The highest BCUT2D eigenvalue weighted by atomic mass is 19.1. The van der Waals surface area contributed by atoms with Gasteiger partial charge in [-0.15, -0.1) is 0 Å². The third kappa shape index (κ3) is 2.45. The number of hydrogen-bond donors (Lipinski definition) is 0. The fourth-order valence-electron chi connectivity index (χ4n) is 2.14. The van der Waals surface area contributed by atoms with E-state index in [1.54, 1.807) is 24.8 Å². The lowest BCUT2D eigenvalue weighted by molar-refractivity contribution is 0.620. The van der Waals surface area contributed by atoms with Gasteiger partial charge in [-0.1, -0.05) is 18.2 Å². The van der Waals surface area contributed by atoms with Crippen LogP contribution >= 0.6 is 0 Å². The molecule has 0 aliphatic carbocycles. The van der Waals surface area contributed by atoms with E-state index >= 15 is 0 Å². The molecule has 3 rings (SSSR count). The third-order valence-electron chi connectivity index (χ3n) is 3.34. The van der Waals surface area contributed by atoms with E-state index in [0.29, 0.717) is 0 Å². The van der Waals surface area contributed by atoms with Crippen molar-refractivity contribution < 1.29 is 4.39 Å². The van der Waals surface area contributed by atoms with Crippen LogP contribution in [0.4, 0.5) is 4.39 Å². The predicted octanol–water partition coefficient (Wildman–Crippen LogP) is 3.69. The zero-order valence-corrected chi connectivity index (χ0v) is 11.1. The van der Waals surface area contributed by atoms with E-state index in [2.05, 4.69) is 16.9 Å². The minimum Gasteiger partial charge on any atom is -0.329 e. The molecular weight excluding hydrogens is 253 g/mol. The summed E-state index contributed by atoms with van der Waals surface area (Å²) in [6.45, 7) is 2.06. The molecule has 0 spiro atoms. The molecule has 0 amide bonds. The van der Waals surface area contributed by atoms with Crippen LogP contribution in [0.2, 0.25) is 0 Å². The fraction of sp³-hybridized carbons (Fsp3) is 0.125. The summed E-state index contributed by atoms with van der Waals surface area (Å²) < 4.78 is 15.2. The Hall–Kier alpha value is -2.49. The van der Waals surface area contributed by atoms with Gasteiger partial charge in [-0.05, 0) is 30.7 Å². The van der Waals surface area contributed by atoms with E-state index in [9.17, 15) is 4.39 Å². The predicted molar refractivity (Wildman–Crippen MR) is 75.7 cm³/mol. The van der Waals surface area contributed by atoms with Crippen LogP contribution in [0, 0.1) is 5.82 Å². The summed E-state index contributed by atoms with van der Waals surface area (Å²) in [5.41, 5.74) is 2.69. The standard InChI is InChI=1S/C16H14FN3/c1-12(20-8-7-18-11-20)16-6-5-14(10-19-16)13-3-2-4-15(17)9-13/h2-12H,1H3. The number of nitrogens with zero attached hydrogens (tertiary/aromatic N) is 3. The van der Waals surface area contributed by atoms with E-state index in [4.69, 9.17) is 0 Å². The lowest BCUT2D eigenvalue weighted by Crippen LogP contribution is -2.06. The van der Waals surface area contributed by atoms with Crippen molar-refractivity contribution >= 4 is 0 Å². The Morgan fingerprint density at radius 2 is 2.05 bits per heavy atom. The number of halogens is 1. The van der Waals surface area contributed by atoms with Crippen molar-refractivity contribution in [2.24, 2.45) is 0 Å². The van der Waals surface area contributed by atoms with E-state index in [1.165, 1.54) is 12.1 Å². The summed E-state index contributed by atoms with van der Waals surface area (Å²) >= 11 is 0. The van der Waals surface area contributed by atoms with Crippen molar-refractivity contribution in [3.05, 3.63) is 72.8 Å². The smallest absolute Gasteiger partial charge is 0.123 e. The van der Waals surface area contributed by atoms with Gasteiger partial charge in [-0.2, -0.15) is 0 Å². The van der Waals surface area contributed by atoms with Gasteiger partial charge in [0, 0.05) is 24.2 Å². The first-order valence-corrected chi connectivity index (χ1v) is 6.43. The number of imidazole rings is 1. The second kappa shape index (κ2) is 5.25. The summed E-state index contributed by atoms with van der Waals surface area (Å²) in [6, 6.07) is 10.6.